The third-order valence-electron chi connectivity index (χ3n) is 1.90. The second-order valence-corrected chi connectivity index (χ2v) is 6.34. The van der Waals surface area contributed by atoms with Crippen LogP contribution in [0.3, 0.4) is 0 Å². The Morgan fingerprint density at radius 2 is 1.58 bits per heavy atom. The number of hydrogen-bond acceptors (Lipinski definition) is 4. The van der Waals surface area contributed by atoms with E-state index < -0.39 is 0 Å². The lowest BCUT2D eigenvalue weighted by molar-refractivity contribution is 0.103. The minimum atomic E-state index is -0.332. The van der Waals surface area contributed by atoms with Gasteiger partial charge in [0.2, 0.25) is 5.88 Å². The maximum Gasteiger partial charge on any atom is 0.320 e. The van der Waals surface area contributed by atoms with Crippen molar-refractivity contribution < 1.29 is 9.47 Å². The third-order valence-corrected chi connectivity index (χ3v) is 1.90. The van der Waals surface area contributed by atoms with E-state index in [4.69, 9.17) is 9.47 Å². The maximum absolute atomic E-state index is 5.86. The Kier molecular flexibility index (Phi) is 4.56. The lowest BCUT2D eigenvalue weighted by Crippen LogP contribution is -2.26. The molecular weight excluding hydrogens is 240 g/mol. The molecule has 0 saturated heterocycles. The molecule has 1 rings (SSSR count). The van der Waals surface area contributed by atoms with E-state index in [9.17, 15) is 0 Å². The van der Waals surface area contributed by atoms with Crippen molar-refractivity contribution in [3.05, 3.63) is 17.8 Å². The largest absolute Gasteiger partial charge is 0.471 e. The first kappa shape index (κ1) is 15.5. The molecule has 1 aromatic heterocycles. The van der Waals surface area contributed by atoms with Crippen LogP contribution in [0.1, 0.15) is 54.0 Å². The van der Waals surface area contributed by atoms with Crippen molar-refractivity contribution in [2.24, 2.45) is 0 Å². The van der Waals surface area contributed by atoms with Crippen LogP contribution in [0.5, 0.6) is 11.9 Å². The van der Waals surface area contributed by atoms with Crippen LogP contribution in [0.25, 0.3) is 6.08 Å². The standard InChI is InChI=1S/C15H24N2O2/c1-8-9-11-10-16-13(19-15(5,6)7)17-12(11)18-14(2,3)4/h8-10H,1-7H3/b9-8-. The molecule has 4 heteroatoms. The zero-order chi connectivity index (χ0) is 14.7. The zero-order valence-corrected chi connectivity index (χ0v) is 12.9. The van der Waals surface area contributed by atoms with Crippen LogP contribution in [-0.4, -0.2) is 21.2 Å². The van der Waals surface area contributed by atoms with E-state index in [-0.39, 0.29) is 11.2 Å². The number of nitrogens with zero attached hydrogens (tertiary/aromatic N) is 2. The molecule has 4 nitrogen and oxygen atoms in total. The second-order valence-electron chi connectivity index (χ2n) is 6.34. The van der Waals surface area contributed by atoms with Gasteiger partial charge in [0.05, 0.1) is 5.56 Å². The van der Waals surface area contributed by atoms with Crippen molar-refractivity contribution in [1.29, 1.82) is 0 Å². The van der Waals surface area contributed by atoms with E-state index >= 15 is 0 Å². The highest BCUT2D eigenvalue weighted by Gasteiger charge is 2.19. The molecule has 0 fully saturated rings. The molecule has 0 aliphatic heterocycles. The molecule has 1 heterocycles. The predicted octanol–water partition coefficient (Wildman–Crippen LogP) is 3.86. The maximum atomic E-state index is 5.86. The molecule has 0 radical (unpaired) electrons. The number of rotatable bonds is 3. The number of hydrogen-bond donors (Lipinski definition) is 0. The topological polar surface area (TPSA) is 44.2 Å². The summed E-state index contributed by atoms with van der Waals surface area (Å²) in [6, 6.07) is 0.333. The molecule has 0 aliphatic carbocycles. The van der Waals surface area contributed by atoms with E-state index in [0.29, 0.717) is 11.9 Å². The van der Waals surface area contributed by atoms with Gasteiger partial charge < -0.3 is 9.47 Å². The van der Waals surface area contributed by atoms with E-state index in [1.165, 1.54) is 0 Å². The van der Waals surface area contributed by atoms with Crippen molar-refractivity contribution in [2.45, 2.75) is 59.7 Å². The van der Waals surface area contributed by atoms with Gasteiger partial charge in [0.25, 0.3) is 0 Å². The van der Waals surface area contributed by atoms with Gasteiger partial charge in [0.1, 0.15) is 11.2 Å². The van der Waals surface area contributed by atoms with Crippen molar-refractivity contribution >= 4 is 6.08 Å². The average Bonchev–Trinajstić information content (AvgIpc) is 2.17. The highest BCUT2D eigenvalue weighted by Crippen LogP contribution is 2.24. The average molecular weight is 264 g/mol. The fraction of sp³-hybridized carbons (Fsp3) is 0.600. The highest BCUT2D eigenvalue weighted by atomic mass is 16.5. The Morgan fingerprint density at radius 3 is 2.05 bits per heavy atom. The van der Waals surface area contributed by atoms with Crippen LogP contribution in [-0.2, 0) is 0 Å². The Hall–Kier alpha value is -1.58. The van der Waals surface area contributed by atoms with Gasteiger partial charge in [-0.1, -0.05) is 12.2 Å². The monoisotopic (exact) mass is 264 g/mol. The van der Waals surface area contributed by atoms with Gasteiger partial charge in [-0.3, -0.25) is 0 Å². The second kappa shape index (κ2) is 5.59. The van der Waals surface area contributed by atoms with Gasteiger partial charge in [-0.25, -0.2) is 4.98 Å². The van der Waals surface area contributed by atoms with Crippen molar-refractivity contribution in [3.63, 3.8) is 0 Å². The summed E-state index contributed by atoms with van der Waals surface area (Å²) in [6.45, 7) is 13.8. The van der Waals surface area contributed by atoms with Crippen molar-refractivity contribution in [1.82, 2.24) is 9.97 Å². The molecule has 106 valence electrons. The lowest BCUT2D eigenvalue weighted by atomic mass is 10.2. The third kappa shape index (κ3) is 5.73. The summed E-state index contributed by atoms with van der Waals surface area (Å²) in [7, 11) is 0. The minimum absolute atomic E-state index is 0.316. The first-order valence-corrected chi connectivity index (χ1v) is 6.48. The van der Waals surface area contributed by atoms with Crippen LogP contribution in [0.15, 0.2) is 12.3 Å². The fourth-order valence-corrected chi connectivity index (χ4v) is 1.35. The highest BCUT2D eigenvalue weighted by molar-refractivity contribution is 5.53. The Bertz CT molecular complexity index is 454. The molecule has 0 N–H and O–H groups in total. The number of aromatic nitrogens is 2. The molecule has 0 amide bonds. The van der Waals surface area contributed by atoms with Crippen LogP contribution in [0.2, 0.25) is 0 Å². The molecule has 0 atom stereocenters. The smallest absolute Gasteiger partial charge is 0.320 e. The lowest BCUT2D eigenvalue weighted by Gasteiger charge is -2.23. The quantitative estimate of drug-likeness (QED) is 0.831. The summed E-state index contributed by atoms with van der Waals surface area (Å²) >= 11 is 0. The van der Waals surface area contributed by atoms with E-state index in [1.54, 1.807) is 6.20 Å². The Balaban J connectivity index is 3.11. The van der Waals surface area contributed by atoms with Crippen molar-refractivity contribution in [2.75, 3.05) is 0 Å². The van der Waals surface area contributed by atoms with Gasteiger partial charge in [-0.15, -0.1) is 0 Å². The van der Waals surface area contributed by atoms with Crippen LogP contribution >= 0.6 is 0 Å². The minimum Gasteiger partial charge on any atom is -0.471 e. The van der Waals surface area contributed by atoms with E-state index in [0.717, 1.165) is 5.56 Å². The summed E-state index contributed by atoms with van der Waals surface area (Å²) in [5.41, 5.74) is 0.198. The summed E-state index contributed by atoms with van der Waals surface area (Å²) in [6.07, 6.45) is 5.57. The first-order valence-electron chi connectivity index (χ1n) is 6.48. The van der Waals surface area contributed by atoms with Crippen LogP contribution in [0, 0.1) is 0 Å². The summed E-state index contributed by atoms with van der Waals surface area (Å²) in [5.74, 6) is 0.542. The van der Waals surface area contributed by atoms with Gasteiger partial charge in [0, 0.05) is 6.20 Å². The van der Waals surface area contributed by atoms with Crippen molar-refractivity contribution in [3.8, 4) is 11.9 Å². The summed E-state index contributed by atoms with van der Waals surface area (Å²) in [5, 5.41) is 0. The molecule has 1 aromatic rings. The fourth-order valence-electron chi connectivity index (χ4n) is 1.35. The zero-order valence-electron chi connectivity index (χ0n) is 12.9. The van der Waals surface area contributed by atoms with Gasteiger partial charge in [0.15, 0.2) is 0 Å². The van der Waals surface area contributed by atoms with Crippen LogP contribution in [0.4, 0.5) is 0 Å². The molecule has 0 aromatic carbocycles. The molecular formula is C15H24N2O2. The van der Waals surface area contributed by atoms with Gasteiger partial charge in [-0.2, -0.15) is 4.98 Å². The molecule has 19 heavy (non-hydrogen) atoms. The SMILES string of the molecule is C/C=C\c1cnc(OC(C)(C)C)nc1OC(C)(C)C. The Morgan fingerprint density at radius 1 is 1.00 bits per heavy atom. The summed E-state index contributed by atoms with van der Waals surface area (Å²) < 4.78 is 11.5. The molecule has 0 unspecified atom stereocenters. The molecule has 0 bridgehead atoms. The normalized spacial score (nSPS) is 12.8. The van der Waals surface area contributed by atoms with Gasteiger partial charge in [-0.05, 0) is 48.5 Å². The Labute approximate surface area is 115 Å². The molecule has 0 spiro atoms. The molecule has 0 aliphatic rings. The summed E-state index contributed by atoms with van der Waals surface area (Å²) in [4.78, 5) is 8.56. The van der Waals surface area contributed by atoms with Crippen LogP contribution < -0.4 is 9.47 Å². The number of ether oxygens (including phenoxy) is 2. The van der Waals surface area contributed by atoms with E-state index in [1.807, 2.05) is 60.6 Å². The first-order chi connectivity index (χ1) is 8.61. The van der Waals surface area contributed by atoms with Gasteiger partial charge >= 0.3 is 6.01 Å². The predicted molar refractivity (Wildman–Crippen MR) is 77.5 cm³/mol. The molecule has 0 saturated carbocycles. The van der Waals surface area contributed by atoms with E-state index in [2.05, 4.69) is 9.97 Å². The number of allylic oxidation sites excluding steroid dienone is 1.